The summed E-state index contributed by atoms with van der Waals surface area (Å²) in [4.78, 5) is 26.8. The van der Waals surface area contributed by atoms with E-state index in [4.69, 9.17) is 9.47 Å². The van der Waals surface area contributed by atoms with Crippen molar-refractivity contribution in [2.24, 2.45) is 0 Å². The molecule has 3 rings (SSSR count). The van der Waals surface area contributed by atoms with Gasteiger partial charge in [-0.1, -0.05) is 0 Å². The molecule has 0 aliphatic carbocycles. The zero-order valence-corrected chi connectivity index (χ0v) is 22.2. The van der Waals surface area contributed by atoms with Crippen molar-refractivity contribution in [1.82, 2.24) is 29.6 Å². The number of hydrogen-bond acceptors (Lipinski definition) is 7. The molecule has 0 aromatic carbocycles. The first-order valence-electron chi connectivity index (χ1n) is 11.9. The molecule has 40 heavy (non-hydrogen) atoms. The van der Waals surface area contributed by atoms with Crippen LogP contribution < -0.4 is 14.8 Å². The molecule has 1 N–H and O–H groups in total. The van der Waals surface area contributed by atoms with Crippen molar-refractivity contribution >= 4 is 11.7 Å². The molecule has 2 amide bonds. The number of methoxy groups -OCH3 is 3. The number of alkyl halides is 6. The fourth-order valence-electron chi connectivity index (χ4n) is 3.91. The van der Waals surface area contributed by atoms with E-state index >= 15 is 0 Å². The minimum Gasteiger partial charge on any atom is -0.494 e. The topological polar surface area (TPSA) is 103 Å². The molecule has 2 unspecified atom stereocenters. The summed E-state index contributed by atoms with van der Waals surface area (Å²) in [6.45, 7) is 2.96. The molecule has 0 aliphatic heterocycles. The van der Waals surface area contributed by atoms with E-state index in [9.17, 15) is 31.1 Å². The van der Waals surface area contributed by atoms with Gasteiger partial charge in [-0.05, 0) is 19.9 Å². The van der Waals surface area contributed by atoms with Crippen LogP contribution in [0, 0.1) is 6.92 Å². The molecule has 0 radical (unpaired) electrons. The molecule has 0 saturated carbocycles. The predicted molar refractivity (Wildman–Crippen MR) is 130 cm³/mol. The number of ether oxygens (including phenoxy) is 3. The molecule has 0 saturated heterocycles. The van der Waals surface area contributed by atoms with Crippen LogP contribution in [-0.2, 0) is 11.3 Å². The molecule has 220 valence electrons. The summed E-state index contributed by atoms with van der Waals surface area (Å²) < 4.78 is 96.4. The van der Waals surface area contributed by atoms with Gasteiger partial charge < -0.3 is 28.8 Å². The van der Waals surface area contributed by atoms with Crippen molar-refractivity contribution in [3.63, 3.8) is 0 Å². The average molecular weight is 579 g/mol. The Kier molecular flexibility index (Phi) is 9.32. The molecule has 3 aromatic rings. The summed E-state index contributed by atoms with van der Waals surface area (Å²) in [6, 6.07) is -2.49. The van der Waals surface area contributed by atoms with Crippen molar-refractivity contribution in [1.29, 1.82) is 0 Å². The summed E-state index contributed by atoms with van der Waals surface area (Å²) in [5.41, 5.74) is 2.28. The molecule has 16 heteroatoms. The normalized spacial score (nSPS) is 13.7. The lowest BCUT2D eigenvalue weighted by atomic mass is 10.1. The van der Waals surface area contributed by atoms with Crippen LogP contribution in [0.4, 0.5) is 31.1 Å². The molecule has 2 atom stereocenters. The van der Waals surface area contributed by atoms with Gasteiger partial charge in [-0.3, -0.25) is 4.98 Å². The van der Waals surface area contributed by atoms with Crippen molar-refractivity contribution in [3.8, 4) is 22.9 Å². The molecule has 3 aromatic heterocycles. The first kappa shape index (κ1) is 30.7. The number of hydrogen-bond donors (Lipinski definition) is 1. The summed E-state index contributed by atoms with van der Waals surface area (Å²) >= 11 is 0. The Labute approximate surface area is 225 Å². The number of nitrogens with one attached hydrogen (secondary N) is 1. The highest BCUT2D eigenvalue weighted by atomic mass is 19.4. The smallest absolute Gasteiger partial charge is 0.414 e. The van der Waals surface area contributed by atoms with Gasteiger partial charge in [-0.2, -0.15) is 26.3 Å². The highest BCUT2D eigenvalue weighted by Gasteiger charge is 2.49. The Balaban J connectivity index is 1.89. The third-order valence-electron chi connectivity index (χ3n) is 5.95. The molecule has 0 fully saturated rings. The zero-order chi connectivity index (χ0) is 29.8. The maximum Gasteiger partial charge on any atom is 0.414 e. The third-order valence-corrected chi connectivity index (χ3v) is 5.95. The molecule has 0 aliphatic rings. The van der Waals surface area contributed by atoms with Crippen molar-refractivity contribution in [3.05, 3.63) is 36.0 Å². The van der Waals surface area contributed by atoms with E-state index in [0.717, 1.165) is 4.90 Å². The van der Waals surface area contributed by atoms with Crippen LogP contribution in [0.1, 0.15) is 24.7 Å². The number of halogens is 6. The van der Waals surface area contributed by atoms with Gasteiger partial charge in [0, 0.05) is 38.0 Å². The Bertz CT molecular complexity index is 1330. The van der Waals surface area contributed by atoms with Crippen LogP contribution in [0.25, 0.3) is 16.9 Å². The van der Waals surface area contributed by atoms with Gasteiger partial charge in [0.05, 0.1) is 44.0 Å². The number of pyridine rings is 1. The zero-order valence-electron chi connectivity index (χ0n) is 22.2. The average Bonchev–Trinajstić information content (AvgIpc) is 3.27. The molecule has 0 spiro atoms. The number of carbonyl (C=O) groups is 1. The maximum absolute atomic E-state index is 13.6. The lowest BCUT2D eigenvalue weighted by Crippen LogP contribution is -2.53. The van der Waals surface area contributed by atoms with Crippen LogP contribution in [-0.4, -0.2) is 82.7 Å². The van der Waals surface area contributed by atoms with Crippen LogP contribution >= 0.6 is 0 Å². The number of aromatic nitrogens is 4. The highest BCUT2D eigenvalue weighted by Crippen LogP contribution is 2.33. The minimum atomic E-state index is -5.16. The fourth-order valence-corrected chi connectivity index (χ4v) is 3.91. The first-order chi connectivity index (χ1) is 18.7. The van der Waals surface area contributed by atoms with Crippen LogP contribution in [0.2, 0.25) is 0 Å². The maximum atomic E-state index is 13.6. The van der Waals surface area contributed by atoms with Gasteiger partial charge in [0.2, 0.25) is 5.65 Å². The Morgan fingerprint density at radius 1 is 1.07 bits per heavy atom. The number of fused-ring (bicyclic) bond motifs is 1. The van der Waals surface area contributed by atoms with Gasteiger partial charge in [0.25, 0.3) is 5.88 Å². The van der Waals surface area contributed by atoms with E-state index in [1.54, 1.807) is 29.0 Å². The van der Waals surface area contributed by atoms with Crippen LogP contribution in [0.5, 0.6) is 11.6 Å². The number of nitrogens with zero attached hydrogens (tertiary/aromatic N) is 5. The van der Waals surface area contributed by atoms with Crippen LogP contribution in [0.15, 0.2) is 24.7 Å². The SMILES string of the molecule is CCN(Cc1cc(-c2cn3cc(C)nc3c(OC)n2)c(OC)cn1)C(=O)NC(CC(OC)C(F)(F)F)C(F)(F)F. The van der Waals surface area contributed by atoms with Crippen molar-refractivity contribution in [2.45, 2.75) is 51.3 Å². The molecular formula is C24H28F6N6O4. The van der Waals surface area contributed by atoms with Crippen LogP contribution in [0.3, 0.4) is 0 Å². The second-order valence-corrected chi connectivity index (χ2v) is 8.68. The lowest BCUT2D eigenvalue weighted by molar-refractivity contribution is -0.228. The fraction of sp³-hybridized carbons (Fsp3) is 0.500. The molecule has 0 bridgehead atoms. The third kappa shape index (κ3) is 7.03. The lowest BCUT2D eigenvalue weighted by Gasteiger charge is -2.29. The van der Waals surface area contributed by atoms with Gasteiger partial charge in [0.1, 0.15) is 11.8 Å². The number of aryl methyl sites for hydroxylation is 1. The summed E-state index contributed by atoms with van der Waals surface area (Å²) in [6.07, 6.45) is -9.68. The number of carbonyl (C=O) groups excluding carboxylic acids is 1. The van der Waals surface area contributed by atoms with Gasteiger partial charge >= 0.3 is 18.4 Å². The predicted octanol–water partition coefficient (Wildman–Crippen LogP) is 4.55. The Morgan fingerprint density at radius 2 is 1.77 bits per heavy atom. The van der Waals surface area contributed by atoms with Crippen molar-refractivity contribution in [2.75, 3.05) is 27.9 Å². The van der Waals surface area contributed by atoms with Gasteiger partial charge in [-0.15, -0.1) is 0 Å². The Morgan fingerprint density at radius 3 is 2.33 bits per heavy atom. The molecule has 10 nitrogen and oxygen atoms in total. The number of urea groups is 1. The Hall–Kier alpha value is -3.82. The molecule has 3 heterocycles. The summed E-state index contributed by atoms with van der Waals surface area (Å²) in [7, 11) is 3.49. The van der Waals surface area contributed by atoms with E-state index in [2.05, 4.69) is 19.7 Å². The van der Waals surface area contributed by atoms with E-state index in [1.807, 2.05) is 0 Å². The van der Waals surface area contributed by atoms with E-state index < -0.39 is 37.0 Å². The second kappa shape index (κ2) is 12.1. The molecular weight excluding hydrogens is 550 g/mol. The summed E-state index contributed by atoms with van der Waals surface area (Å²) in [5.74, 6) is 0.545. The first-order valence-corrected chi connectivity index (χ1v) is 11.9. The highest BCUT2D eigenvalue weighted by molar-refractivity contribution is 5.75. The van der Waals surface area contributed by atoms with E-state index in [1.165, 1.54) is 33.4 Å². The standard InChI is InChI=1S/C24H28F6N6O4/c1-6-35(22(37)34-18(23(25,26)27)8-19(39-4)24(28,29)30)11-14-7-15(17(38-3)9-31-14)16-12-36-10-13(2)32-20(36)21(33-16)40-5/h7,9-10,12,18-19H,6,8,11H2,1-5H3,(H,34,37). The quantitative estimate of drug-likeness (QED) is 0.352. The van der Waals surface area contributed by atoms with E-state index in [-0.39, 0.29) is 24.7 Å². The number of imidazole rings is 1. The second-order valence-electron chi connectivity index (χ2n) is 8.68. The van der Waals surface area contributed by atoms with Gasteiger partial charge in [0.15, 0.2) is 6.10 Å². The summed E-state index contributed by atoms with van der Waals surface area (Å²) in [5, 5.41) is 1.66. The van der Waals surface area contributed by atoms with Gasteiger partial charge in [-0.25, -0.2) is 14.8 Å². The number of amides is 2. The van der Waals surface area contributed by atoms with Crippen molar-refractivity contribution < 1.29 is 45.3 Å². The minimum absolute atomic E-state index is 0.0707. The number of rotatable bonds is 10. The monoisotopic (exact) mass is 578 g/mol. The van der Waals surface area contributed by atoms with E-state index in [0.29, 0.717) is 35.5 Å². The largest absolute Gasteiger partial charge is 0.494 e.